The van der Waals surface area contributed by atoms with E-state index in [9.17, 15) is 4.79 Å². The molecule has 5 nitrogen and oxygen atoms in total. The summed E-state index contributed by atoms with van der Waals surface area (Å²) < 4.78 is 5.10. The SMILES string of the molecule is COCCN1CCCN(C(=O)CNC(C)(C)C)CC1. The maximum atomic E-state index is 12.1. The van der Waals surface area contributed by atoms with Crippen LogP contribution in [0.3, 0.4) is 0 Å². The Bertz CT molecular complexity index is 276. The van der Waals surface area contributed by atoms with Crippen molar-refractivity contribution in [2.75, 3.05) is 53.0 Å². The smallest absolute Gasteiger partial charge is 0.236 e. The first-order chi connectivity index (χ1) is 8.92. The third-order valence-electron chi connectivity index (χ3n) is 3.32. The quantitative estimate of drug-likeness (QED) is 0.793. The minimum absolute atomic E-state index is 0.00793. The zero-order valence-electron chi connectivity index (χ0n) is 12.9. The number of nitrogens with zero attached hydrogens (tertiary/aromatic N) is 2. The summed E-state index contributed by atoms with van der Waals surface area (Å²) in [5, 5.41) is 3.26. The monoisotopic (exact) mass is 271 g/mol. The van der Waals surface area contributed by atoms with E-state index in [0.29, 0.717) is 6.54 Å². The van der Waals surface area contributed by atoms with Crippen molar-refractivity contribution in [1.82, 2.24) is 15.1 Å². The van der Waals surface area contributed by atoms with Gasteiger partial charge in [0, 0.05) is 38.8 Å². The second kappa shape index (κ2) is 7.82. The largest absolute Gasteiger partial charge is 0.383 e. The topological polar surface area (TPSA) is 44.8 Å². The van der Waals surface area contributed by atoms with Gasteiger partial charge in [-0.1, -0.05) is 0 Å². The van der Waals surface area contributed by atoms with Crippen LogP contribution in [-0.2, 0) is 9.53 Å². The van der Waals surface area contributed by atoms with E-state index in [2.05, 4.69) is 31.0 Å². The summed E-state index contributed by atoms with van der Waals surface area (Å²) in [6.07, 6.45) is 1.05. The number of amides is 1. The van der Waals surface area contributed by atoms with E-state index in [1.807, 2.05) is 4.90 Å². The van der Waals surface area contributed by atoms with Gasteiger partial charge < -0.3 is 15.0 Å². The van der Waals surface area contributed by atoms with Gasteiger partial charge in [-0.05, 0) is 33.7 Å². The van der Waals surface area contributed by atoms with Crippen molar-refractivity contribution in [3.05, 3.63) is 0 Å². The molecule has 1 fully saturated rings. The molecule has 1 aliphatic heterocycles. The number of ether oxygens (including phenoxy) is 1. The summed E-state index contributed by atoms with van der Waals surface area (Å²) in [6.45, 7) is 12.1. The Morgan fingerprint density at radius 2 is 1.95 bits per heavy atom. The van der Waals surface area contributed by atoms with Crippen LogP contribution in [0.25, 0.3) is 0 Å². The van der Waals surface area contributed by atoms with Gasteiger partial charge in [-0.25, -0.2) is 0 Å². The van der Waals surface area contributed by atoms with Crippen molar-refractivity contribution >= 4 is 5.91 Å². The van der Waals surface area contributed by atoms with Gasteiger partial charge in [0.25, 0.3) is 0 Å². The fraction of sp³-hybridized carbons (Fsp3) is 0.929. The Labute approximate surface area is 117 Å². The second-order valence-electron chi connectivity index (χ2n) is 6.17. The second-order valence-corrected chi connectivity index (χ2v) is 6.17. The van der Waals surface area contributed by atoms with Crippen molar-refractivity contribution < 1.29 is 9.53 Å². The van der Waals surface area contributed by atoms with Gasteiger partial charge in [0.15, 0.2) is 0 Å². The summed E-state index contributed by atoms with van der Waals surface area (Å²) in [4.78, 5) is 16.5. The molecule has 0 radical (unpaired) electrons. The van der Waals surface area contributed by atoms with Gasteiger partial charge in [0.05, 0.1) is 13.2 Å². The molecule has 0 aromatic heterocycles. The van der Waals surface area contributed by atoms with Gasteiger partial charge in [0.2, 0.25) is 5.91 Å². The first-order valence-electron chi connectivity index (χ1n) is 7.16. The van der Waals surface area contributed by atoms with Crippen LogP contribution in [0.5, 0.6) is 0 Å². The summed E-state index contributed by atoms with van der Waals surface area (Å²) in [5.74, 6) is 0.212. The highest BCUT2D eigenvalue weighted by Crippen LogP contribution is 2.04. The minimum atomic E-state index is -0.00793. The molecule has 1 heterocycles. The highest BCUT2D eigenvalue weighted by Gasteiger charge is 2.20. The Kier molecular flexibility index (Phi) is 6.75. The maximum Gasteiger partial charge on any atom is 0.236 e. The first-order valence-corrected chi connectivity index (χ1v) is 7.16. The predicted octanol–water partition coefficient (Wildman–Crippen LogP) is 0.555. The number of carbonyl (C=O) groups excluding carboxylic acids is 1. The molecule has 1 aliphatic rings. The molecule has 0 aromatic rings. The molecule has 1 rings (SSSR count). The fourth-order valence-corrected chi connectivity index (χ4v) is 2.12. The Hall–Kier alpha value is -0.650. The summed E-state index contributed by atoms with van der Waals surface area (Å²) in [6, 6.07) is 0. The van der Waals surface area contributed by atoms with Crippen molar-refractivity contribution in [2.24, 2.45) is 0 Å². The lowest BCUT2D eigenvalue weighted by Gasteiger charge is -2.25. The molecular formula is C14H29N3O2. The molecule has 0 bridgehead atoms. The zero-order valence-corrected chi connectivity index (χ0v) is 12.9. The third kappa shape index (κ3) is 6.89. The summed E-state index contributed by atoms with van der Waals surface area (Å²) in [7, 11) is 1.73. The fourth-order valence-electron chi connectivity index (χ4n) is 2.12. The molecule has 0 aromatic carbocycles. The van der Waals surface area contributed by atoms with E-state index >= 15 is 0 Å². The standard InChI is InChI=1S/C14H29N3O2/c1-14(2,3)15-12-13(18)17-7-5-6-16(8-9-17)10-11-19-4/h15H,5-12H2,1-4H3. The summed E-state index contributed by atoms with van der Waals surface area (Å²) >= 11 is 0. The van der Waals surface area contributed by atoms with Crippen molar-refractivity contribution in [1.29, 1.82) is 0 Å². The number of hydrogen-bond donors (Lipinski definition) is 1. The third-order valence-corrected chi connectivity index (χ3v) is 3.32. The van der Waals surface area contributed by atoms with Crippen LogP contribution >= 0.6 is 0 Å². The molecule has 112 valence electrons. The van der Waals surface area contributed by atoms with Crippen LogP contribution in [0.15, 0.2) is 0 Å². The molecule has 5 heteroatoms. The number of carbonyl (C=O) groups is 1. The molecule has 1 saturated heterocycles. The van der Waals surface area contributed by atoms with Gasteiger partial charge in [-0.3, -0.25) is 9.69 Å². The molecule has 0 atom stereocenters. The van der Waals surface area contributed by atoms with Gasteiger partial charge in [0.1, 0.15) is 0 Å². The molecule has 0 aliphatic carbocycles. The molecule has 0 saturated carbocycles. The van der Waals surface area contributed by atoms with E-state index in [-0.39, 0.29) is 11.4 Å². The average molecular weight is 271 g/mol. The maximum absolute atomic E-state index is 12.1. The molecule has 0 unspecified atom stereocenters. The Morgan fingerprint density at radius 1 is 1.21 bits per heavy atom. The number of methoxy groups -OCH3 is 1. The lowest BCUT2D eigenvalue weighted by atomic mass is 10.1. The number of hydrogen-bond acceptors (Lipinski definition) is 4. The molecule has 1 amide bonds. The molecule has 0 spiro atoms. The van der Waals surface area contributed by atoms with Crippen LogP contribution in [0.1, 0.15) is 27.2 Å². The Morgan fingerprint density at radius 3 is 2.58 bits per heavy atom. The van der Waals surface area contributed by atoms with E-state index in [0.717, 1.165) is 45.8 Å². The van der Waals surface area contributed by atoms with E-state index in [1.54, 1.807) is 7.11 Å². The molecular weight excluding hydrogens is 242 g/mol. The van der Waals surface area contributed by atoms with Crippen LogP contribution in [-0.4, -0.2) is 74.2 Å². The minimum Gasteiger partial charge on any atom is -0.383 e. The van der Waals surface area contributed by atoms with Crippen LogP contribution in [0.4, 0.5) is 0 Å². The lowest BCUT2D eigenvalue weighted by molar-refractivity contribution is -0.130. The number of rotatable bonds is 5. The van der Waals surface area contributed by atoms with E-state index in [1.165, 1.54) is 0 Å². The summed E-state index contributed by atoms with van der Waals surface area (Å²) in [5.41, 5.74) is -0.00793. The van der Waals surface area contributed by atoms with Crippen molar-refractivity contribution in [3.8, 4) is 0 Å². The average Bonchev–Trinajstić information content (AvgIpc) is 2.58. The predicted molar refractivity (Wildman–Crippen MR) is 77.3 cm³/mol. The van der Waals surface area contributed by atoms with E-state index in [4.69, 9.17) is 4.74 Å². The normalized spacial score (nSPS) is 18.4. The lowest BCUT2D eigenvalue weighted by Crippen LogP contribution is -2.46. The van der Waals surface area contributed by atoms with E-state index < -0.39 is 0 Å². The number of nitrogens with one attached hydrogen (secondary N) is 1. The van der Waals surface area contributed by atoms with Gasteiger partial charge >= 0.3 is 0 Å². The Balaban J connectivity index is 2.33. The van der Waals surface area contributed by atoms with Crippen LogP contribution in [0, 0.1) is 0 Å². The van der Waals surface area contributed by atoms with Crippen LogP contribution < -0.4 is 5.32 Å². The van der Waals surface area contributed by atoms with Crippen molar-refractivity contribution in [2.45, 2.75) is 32.7 Å². The highest BCUT2D eigenvalue weighted by molar-refractivity contribution is 5.78. The highest BCUT2D eigenvalue weighted by atomic mass is 16.5. The van der Waals surface area contributed by atoms with Gasteiger partial charge in [-0.2, -0.15) is 0 Å². The van der Waals surface area contributed by atoms with Crippen molar-refractivity contribution in [3.63, 3.8) is 0 Å². The van der Waals surface area contributed by atoms with Crippen LogP contribution in [0.2, 0.25) is 0 Å². The first kappa shape index (κ1) is 16.4. The molecule has 1 N–H and O–H groups in total. The zero-order chi connectivity index (χ0) is 14.3. The van der Waals surface area contributed by atoms with Gasteiger partial charge in [-0.15, -0.1) is 0 Å². The molecule has 19 heavy (non-hydrogen) atoms.